The van der Waals surface area contributed by atoms with Crippen molar-refractivity contribution in [2.24, 2.45) is 5.92 Å². The van der Waals surface area contributed by atoms with Crippen LogP contribution in [-0.4, -0.2) is 22.0 Å². The second-order valence-electron chi connectivity index (χ2n) is 5.83. The Morgan fingerprint density at radius 2 is 2.04 bits per heavy atom. The zero-order chi connectivity index (χ0) is 16.4. The molecule has 0 saturated heterocycles. The molecule has 1 amide bonds. The highest BCUT2D eigenvalue weighted by Gasteiger charge is 2.27. The molecule has 1 saturated carbocycles. The predicted octanol–water partition coefficient (Wildman–Crippen LogP) is 2.96. The molecule has 1 aliphatic rings. The van der Waals surface area contributed by atoms with Gasteiger partial charge in [-0.25, -0.2) is 9.78 Å². The molecule has 0 radical (unpaired) electrons. The van der Waals surface area contributed by atoms with Crippen LogP contribution < -0.4 is 5.32 Å². The number of benzene rings is 1. The van der Waals surface area contributed by atoms with Crippen molar-refractivity contribution in [2.75, 3.05) is 0 Å². The molecule has 0 bridgehead atoms. The summed E-state index contributed by atoms with van der Waals surface area (Å²) in [7, 11) is 0. The molecule has 120 valence electrons. The molecule has 6 heteroatoms. The Hall–Kier alpha value is -2.21. The number of aliphatic carboxylic acids is 1. The number of carboxylic acid groups (broad SMARTS) is 1. The molecule has 1 heterocycles. The summed E-state index contributed by atoms with van der Waals surface area (Å²) in [5.41, 5.74) is 1.22. The third-order valence-electron chi connectivity index (χ3n) is 3.86. The van der Waals surface area contributed by atoms with Gasteiger partial charge in [-0.1, -0.05) is 30.3 Å². The Morgan fingerprint density at radius 1 is 1.35 bits per heavy atom. The molecule has 23 heavy (non-hydrogen) atoms. The molecule has 1 fully saturated rings. The standard InChI is InChI=1S/C17H18N2O3S/c1-10-15(23-13(18-10)9-11-7-8-11)16(20)19-14(17(21)22)12-5-3-2-4-6-12/h2-6,11,14H,7-9H2,1H3,(H,19,20)(H,21,22)/t14-/m1/s1. The molecule has 2 N–H and O–H groups in total. The van der Waals surface area contributed by atoms with E-state index in [1.54, 1.807) is 31.2 Å². The number of hydrogen-bond donors (Lipinski definition) is 2. The van der Waals surface area contributed by atoms with Crippen LogP contribution in [0, 0.1) is 12.8 Å². The number of thiazole rings is 1. The summed E-state index contributed by atoms with van der Waals surface area (Å²) in [5, 5.41) is 13.0. The minimum absolute atomic E-state index is 0.377. The van der Waals surface area contributed by atoms with Crippen molar-refractivity contribution in [2.45, 2.75) is 32.2 Å². The molecule has 3 rings (SSSR count). The van der Waals surface area contributed by atoms with Crippen LogP contribution in [0.1, 0.15) is 44.8 Å². The fourth-order valence-corrected chi connectivity index (χ4v) is 3.53. The van der Waals surface area contributed by atoms with Crippen LogP contribution in [0.2, 0.25) is 0 Å². The third kappa shape index (κ3) is 3.76. The number of rotatable bonds is 6. The normalized spacial score (nSPS) is 15.2. The zero-order valence-corrected chi connectivity index (χ0v) is 13.6. The van der Waals surface area contributed by atoms with E-state index >= 15 is 0 Å². The summed E-state index contributed by atoms with van der Waals surface area (Å²) < 4.78 is 0. The van der Waals surface area contributed by atoms with E-state index in [2.05, 4.69) is 10.3 Å². The first-order valence-corrected chi connectivity index (χ1v) is 8.41. The fourth-order valence-electron chi connectivity index (χ4n) is 2.45. The first kappa shape index (κ1) is 15.7. The van der Waals surface area contributed by atoms with Crippen LogP contribution in [-0.2, 0) is 11.2 Å². The van der Waals surface area contributed by atoms with Gasteiger partial charge in [-0.3, -0.25) is 4.79 Å². The first-order chi connectivity index (χ1) is 11.0. The maximum absolute atomic E-state index is 12.5. The Bertz CT molecular complexity index is 723. The average Bonchev–Trinajstić information content (AvgIpc) is 3.26. The van der Waals surface area contributed by atoms with Gasteiger partial charge in [-0.2, -0.15) is 0 Å². The third-order valence-corrected chi connectivity index (χ3v) is 5.04. The van der Waals surface area contributed by atoms with Crippen molar-refractivity contribution in [1.29, 1.82) is 0 Å². The van der Waals surface area contributed by atoms with Gasteiger partial charge >= 0.3 is 5.97 Å². The number of carboxylic acids is 1. The predicted molar refractivity (Wildman–Crippen MR) is 87.6 cm³/mol. The summed E-state index contributed by atoms with van der Waals surface area (Å²) >= 11 is 1.37. The highest BCUT2D eigenvalue weighted by atomic mass is 32.1. The lowest BCUT2D eigenvalue weighted by atomic mass is 10.1. The lowest BCUT2D eigenvalue weighted by Gasteiger charge is -2.14. The van der Waals surface area contributed by atoms with Gasteiger partial charge in [0.05, 0.1) is 10.7 Å². The van der Waals surface area contributed by atoms with E-state index in [1.807, 2.05) is 6.07 Å². The van der Waals surface area contributed by atoms with E-state index in [9.17, 15) is 14.7 Å². The Kier molecular flexibility index (Phi) is 4.43. The molecule has 0 aliphatic heterocycles. The second-order valence-corrected chi connectivity index (χ2v) is 6.91. The molecular weight excluding hydrogens is 312 g/mol. The average molecular weight is 330 g/mol. The van der Waals surface area contributed by atoms with Crippen LogP contribution in [0.25, 0.3) is 0 Å². The lowest BCUT2D eigenvalue weighted by molar-refractivity contribution is -0.139. The summed E-state index contributed by atoms with van der Waals surface area (Å²) in [6, 6.07) is 7.64. The van der Waals surface area contributed by atoms with Crippen molar-refractivity contribution < 1.29 is 14.7 Å². The number of nitrogens with zero attached hydrogens (tertiary/aromatic N) is 1. The monoisotopic (exact) mass is 330 g/mol. The topological polar surface area (TPSA) is 79.3 Å². The van der Waals surface area contributed by atoms with Gasteiger partial charge in [0.25, 0.3) is 5.91 Å². The maximum Gasteiger partial charge on any atom is 0.330 e. The van der Waals surface area contributed by atoms with Gasteiger partial charge in [0, 0.05) is 6.42 Å². The number of nitrogens with one attached hydrogen (secondary N) is 1. The van der Waals surface area contributed by atoms with Crippen molar-refractivity contribution >= 4 is 23.2 Å². The van der Waals surface area contributed by atoms with Crippen LogP contribution in [0.3, 0.4) is 0 Å². The Balaban J connectivity index is 1.76. The summed E-state index contributed by atoms with van der Waals surface area (Å²) in [5.74, 6) is -0.754. The van der Waals surface area contributed by atoms with Crippen molar-refractivity contribution in [3.05, 3.63) is 51.5 Å². The van der Waals surface area contributed by atoms with Gasteiger partial charge in [0.1, 0.15) is 4.88 Å². The number of hydrogen-bond acceptors (Lipinski definition) is 4. The largest absolute Gasteiger partial charge is 0.479 e. The van der Waals surface area contributed by atoms with E-state index in [0.717, 1.165) is 11.4 Å². The van der Waals surface area contributed by atoms with Crippen molar-refractivity contribution in [1.82, 2.24) is 10.3 Å². The molecule has 1 aliphatic carbocycles. The number of carbonyl (C=O) groups is 2. The van der Waals surface area contributed by atoms with E-state index in [-0.39, 0.29) is 5.91 Å². The van der Waals surface area contributed by atoms with E-state index < -0.39 is 12.0 Å². The van der Waals surface area contributed by atoms with Crippen molar-refractivity contribution in [3.63, 3.8) is 0 Å². The second kappa shape index (κ2) is 6.50. The van der Waals surface area contributed by atoms with E-state index in [0.29, 0.717) is 22.1 Å². The minimum Gasteiger partial charge on any atom is -0.479 e. The van der Waals surface area contributed by atoms with Crippen LogP contribution in [0.15, 0.2) is 30.3 Å². The number of carbonyl (C=O) groups excluding carboxylic acids is 1. The van der Waals surface area contributed by atoms with Gasteiger partial charge in [-0.15, -0.1) is 11.3 Å². The Labute approximate surface area is 138 Å². The van der Waals surface area contributed by atoms with Crippen LogP contribution in [0.5, 0.6) is 0 Å². The highest BCUT2D eigenvalue weighted by Crippen LogP contribution is 2.34. The molecule has 1 atom stereocenters. The zero-order valence-electron chi connectivity index (χ0n) is 12.8. The van der Waals surface area contributed by atoms with Crippen molar-refractivity contribution in [3.8, 4) is 0 Å². The molecule has 1 aromatic carbocycles. The smallest absolute Gasteiger partial charge is 0.330 e. The SMILES string of the molecule is Cc1nc(CC2CC2)sc1C(=O)N[C@@H](C(=O)O)c1ccccc1. The number of aromatic nitrogens is 1. The van der Waals surface area contributed by atoms with Gasteiger partial charge in [0.2, 0.25) is 0 Å². The Morgan fingerprint density at radius 3 is 2.65 bits per heavy atom. The summed E-state index contributed by atoms with van der Waals surface area (Å²) in [6.45, 7) is 1.79. The van der Waals surface area contributed by atoms with Gasteiger partial charge in [-0.05, 0) is 31.2 Å². The van der Waals surface area contributed by atoms with Crippen LogP contribution in [0.4, 0.5) is 0 Å². The molecular formula is C17H18N2O3S. The maximum atomic E-state index is 12.5. The fraction of sp³-hybridized carbons (Fsp3) is 0.353. The van der Waals surface area contributed by atoms with E-state index in [4.69, 9.17) is 0 Å². The quantitative estimate of drug-likeness (QED) is 0.853. The highest BCUT2D eigenvalue weighted by molar-refractivity contribution is 7.13. The van der Waals surface area contributed by atoms with Gasteiger partial charge in [0.15, 0.2) is 6.04 Å². The molecule has 1 aromatic heterocycles. The molecule has 2 aromatic rings. The lowest BCUT2D eigenvalue weighted by Crippen LogP contribution is -2.33. The number of aryl methyl sites for hydroxylation is 1. The van der Waals surface area contributed by atoms with Crippen LogP contribution >= 0.6 is 11.3 Å². The minimum atomic E-state index is -1.08. The molecule has 5 nitrogen and oxygen atoms in total. The molecule has 0 spiro atoms. The first-order valence-electron chi connectivity index (χ1n) is 7.59. The number of amides is 1. The van der Waals surface area contributed by atoms with Gasteiger partial charge < -0.3 is 10.4 Å². The molecule has 0 unspecified atom stereocenters. The summed E-state index contributed by atoms with van der Waals surface area (Å²) in [6.07, 6.45) is 3.38. The van der Waals surface area contributed by atoms with E-state index in [1.165, 1.54) is 24.2 Å². The summed E-state index contributed by atoms with van der Waals surface area (Å²) in [4.78, 5) is 28.9.